The lowest BCUT2D eigenvalue weighted by Gasteiger charge is -2.11. The van der Waals surface area contributed by atoms with Gasteiger partial charge in [0.15, 0.2) is 11.3 Å². The van der Waals surface area contributed by atoms with Crippen molar-refractivity contribution in [2.24, 2.45) is 0 Å². The van der Waals surface area contributed by atoms with Crippen LogP contribution in [0.5, 0.6) is 11.8 Å². The van der Waals surface area contributed by atoms with Crippen molar-refractivity contribution in [1.82, 2.24) is 39.6 Å². The fraction of sp³-hybridized carbons (Fsp3) is 0.214. The van der Waals surface area contributed by atoms with E-state index in [9.17, 15) is 26.3 Å². The summed E-state index contributed by atoms with van der Waals surface area (Å²) in [5.74, 6) is -2.72. The van der Waals surface area contributed by atoms with E-state index >= 15 is 0 Å². The van der Waals surface area contributed by atoms with Crippen LogP contribution in [0.15, 0.2) is 72.8 Å². The molecule has 44 heavy (non-hydrogen) atoms. The molecule has 10 nitrogen and oxygen atoms in total. The van der Waals surface area contributed by atoms with Gasteiger partial charge in [-0.2, -0.15) is 35.4 Å². The average Bonchev–Trinajstić information content (AvgIpc) is 3.64. The number of halogens is 6. The standard InChI is InChI=1S/C28H20F6N8O2/c29-27(30,31)25-37-35-23-19(17-9-3-1-4-10-17)15-21(39-41(23)25)43-13-7-8-14-44-22-16-20(18-11-5-2-6-12-18)24-36-38-26(28(32,33)34)42(24)40-22/h1-6,9-12,15-16H,7-8,13-14H2. The van der Waals surface area contributed by atoms with Gasteiger partial charge in [-0.1, -0.05) is 60.7 Å². The fourth-order valence-electron chi connectivity index (χ4n) is 4.43. The Balaban J connectivity index is 1.16. The summed E-state index contributed by atoms with van der Waals surface area (Å²) in [5, 5.41) is 21.8. The van der Waals surface area contributed by atoms with Crippen LogP contribution in [0.3, 0.4) is 0 Å². The SMILES string of the molecule is FC(F)(F)c1nnc2c(-c3ccccc3)cc(OCCCCOc3cc(-c4ccccc4)c4nnc(C(F)(F)F)n4n3)nn12. The molecule has 6 aromatic rings. The van der Waals surface area contributed by atoms with Crippen molar-refractivity contribution in [3.8, 4) is 34.0 Å². The molecule has 0 aliphatic rings. The van der Waals surface area contributed by atoms with E-state index in [4.69, 9.17) is 9.47 Å². The molecule has 0 bridgehead atoms. The molecule has 0 aliphatic heterocycles. The number of hydrogen-bond donors (Lipinski definition) is 0. The molecule has 0 spiro atoms. The summed E-state index contributed by atoms with van der Waals surface area (Å²) in [4.78, 5) is 0. The van der Waals surface area contributed by atoms with E-state index < -0.39 is 24.0 Å². The molecule has 4 heterocycles. The van der Waals surface area contributed by atoms with Crippen LogP contribution in [0, 0.1) is 0 Å². The number of unbranched alkanes of at least 4 members (excludes halogenated alkanes) is 1. The maximum atomic E-state index is 13.5. The third-order valence-corrected chi connectivity index (χ3v) is 6.41. The normalized spacial score (nSPS) is 12.2. The molecular formula is C28H20F6N8O2. The average molecular weight is 615 g/mol. The molecule has 0 saturated carbocycles. The summed E-state index contributed by atoms with van der Waals surface area (Å²) >= 11 is 0. The Bertz CT molecular complexity index is 1770. The molecule has 16 heteroatoms. The van der Waals surface area contributed by atoms with Crippen LogP contribution in [0.2, 0.25) is 0 Å². The zero-order valence-electron chi connectivity index (χ0n) is 22.4. The zero-order valence-corrected chi connectivity index (χ0v) is 22.4. The molecule has 0 fully saturated rings. The lowest BCUT2D eigenvalue weighted by Crippen LogP contribution is -2.14. The quantitative estimate of drug-likeness (QED) is 0.141. The largest absolute Gasteiger partial charge is 0.477 e. The van der Waals surface area contributed by atoms with Crippen molar-refractivity contribution >= 4 is 11.3 Å². The Morgan fingerprint density at radius 3 is 1.30 bits per heavy atom. The first-order valence-corrected chi connectivity index (χ1v) is 13.1. The van der Waals surface area contributed by atoms with Crippen LogP contribution < -0.4 is 9.47 Å². The monoisotopic (exact) mass is 614 g/mol. The summed E-state index contributed by atoms with van der Waals surface area (Å²) in [6.45, 7) is 0.121. The van der Waals surface area contributed by atoms with Gasteiger partial charge in [-0.3, -0.25) is 0 Å². The highest BCUT2D eigenvalue weighted by Gasteiger charge is 2.39. The summed E-state index contributed by atoms with van der Waals surface area (Å²) in [7, 11) is 0. The lowest BCUT2D eigenvalue weighted by atomic mass is 10.1. The Labute approximate surface area is 243 Å². The number of ether oxygens (including phenoxy) is 2. The zero-order chi connectivity index (χ0) is 30.9. The molecule has 0 radical (unpaired) electrons. The first-order chi connectivity index (χ1) is 21.1. The molecule has 226 valence electrons. The van der Waals surface area contributed by atoms with Crippen molar-refractivity contribution in [1.29, 1.82) is 0 Å². The molecule has 0 saturated heterocycles. The summed E-state index contributed by atoms with van der Waals surface area (Å²) in [6.07, 6.45) is -8.82. The molecule has 0 N–H and O–H groups in total. The molecule has 0 aliphatic carbocycles. The first-order valence-electron chi connectivity index (χ1n) is 13.1. The Hall–Kier alpha value is -5.28. The van der Waals surface area contributed by atoms with E-state index in [2.05, 4.69) is 30.6 Å². The van der Waals surface area contributed by atoms with Gasteiger partial charge >= 0.3 is 12.4 Å². The van der Waals surface area contributed by atoms with Crippen molar-refractivity contribution in [3.63, 3.8) is 0 Å². The number of hydrogen-bond acceptors (Lipinski definition) is 8. The Morgan fingerprint density at radius 2 is 0.932 bits per heavy atom. The number of benzene rings is 2. The van der Waals surface area contributed by atoms with E-state index in [-0.39, 0.29) is 36.3 Å². The molecular weight excluding hydrogens is 594 g/mol. The van der Waals surface area contributed by atoms with Crippen LogP contribution in [0.4, 0.5) is 26.3 Å². The lowest BCUT2D eigenvalue weighted by molar-refractivity contribution is -0.147. The summed E-state index contributed by atoms with van der Waals surface area (Å²) in [5.41, 5.74) is 1.74. The highest BCUT2D eigenvalue weighted by atomic mass is 19.4. The van der Waals surface area contributed by atoms with Gasteiger partial charge in [0.05, 0.1) is 13.2 Å². The van der Waals surface area contributed by atoms with Gasteiger partial charge in [-0.15, -0.1) is 30.6 Å². The maximum Gasteiger partial charge on any atom is 0.453 e. The van der Waals surface area contributed by atoms with Crippen LogP contribution in [-0.2, 0) is 12.4 Å². The highest BCUT2D eigenvalue weighted by molar-refractivity contribution is 5.78. The predicted molar refractivity (Wildman–Crippen MR) is 143 cm³/mol. The number of aromatic nitrogens is 8. The number of alkyl halides is 6. The molecule has 0 atom stereocenters. The number of rotatable bonds is 9. The van der Waals surface area contributed by atoms with E-state index in [1.165, 1.54) is 12.1 Å². The van der Waals surface area contributed by atoms with Crippen LogP contribution in [-0.4, -0.2) is 52.8 Å². The smallest absolute Gasteiger partial charge is 0.453 e. The van der Waals surface area contributed by atoms with E-state index in [1.54, 1.807) is 60.7 Å². The Kier molecular flexibility index (Phi) is 7.48. The third-order valence-electron chi connectivity index (χ3n) is 6.41. The molecule has 6 rings (SSSR count). The van der Waals surface area contributed by atoms with Crippen molar-refractivity contribution in [2.45, 2.75) is 25.2 Å². The molecule has 0 amide bonds. The van der Waals surface area contributed by atoms with Gasteiger partial charge in [-0.25, -0.2) is 0 Å². The summed E-state index contributed by atoms with van der Waals surface area (Å²) in [6, 6.07) is 20.3. The second-order valence-electron chi connectivity index (χ2n) is 9.44. The number of nitrogens with zero attached hydrogens (tertiary/aromatic N) is 8. The maximum absolute atomic E-state index is 13.5. The second kappa shape index (κ2) is 11.4. The summed E-state index contributed by atoms with van der Waals surface area (Å²) < 4.78 is 93.7. The minimum Gasteiger partial charge on any atom is -0.477 e. The molecule has 2 aromatic carbocycles. The molecule has 0 unspecified atom stereocenters. The fourth-order valence-corrected chi connectivity index (χ4v) is 4.43. The van der Waals surface area contributed by atoms with Crippen LogP contribution in [0.25, 0.3) is 33.5 Å². The van der Waals surface area contributed by atoms with Gasteiger partial charge in [0.2, 0.25) is 11.8 Å². The van der Waals surface area contributed by atoms with E-state index in [0.717, 1.165) is 0 Å². The van der Waals surface area contributed by atoms with E-state index in [1.807, 2.05) is 0 Å². The van der Waals surface area contributed by atoms with Gasteiger partial charge in [0.25, 0.3) is 11.6 Å². The topological polar surface area (TPSA) is 105 Å². The van der Waals surface area contributed by atoms with Crippen molar-refractivity contribution in [3.05, 3.63) is 84.4 Å². The van der Waals surface area contributed by atoms with Gasteiger partial charge in [-0.05, 0) is 24.0 Å². The molecule has 4 aromatic heterocycles. The van der Waals surface area contributed by atoms with Gasteiger partial charge in [0, 0.05) is 23.3 Å². The minimum atomic E-state index is -4.79. The first kappa shape index (κ1) is 28.8. The second-order valence-corrected chi connectivity index (χ2v) is 9.44. The minimum absolute atomic E-state index is 0.0605. The highest BCUT2D eigenvalue weighted by Crippen LogP contribution is 2.33. The predicted octanol–water partition coefficient (Wildman–Crippen LogP) is 6.17. The van der Waals surface area contributed by atoms with Crippen molar-refractivity contribution in [2.75, 3.05) is 13.2 Å². The van der Waals surface area contributed by atoms with Gasteiger partial charge < -0.3 is 9.47 Å². The van der Waals surface area contributed by atoms with Crippen LogP contribution in [0.1, 0.15) is 24.5 Å². The van der Waals surface area contributed by atoms with Gasteiger partial charge in [0.1, 0.15) is 0 Å². The van der Waals surface area contributed by atoms with Crippen LogP contribution >= 0.6 is 0 Å². The van der Waals surface area contributed by atoms with E-state index in [0.29, 0.717) is 44.1 Å². The number of fused-ring (bicyclic) bond motifs is 2. The Morgan fingerprint density at radius 1 is 0.545 bits per heavy atom. The third kappa shape index (κ3) is 5.82. The van der Waals surface area contributed by atoms with Crippen molar-refractivity contribution < 1.29 is 35.8 Å².